The van der Waals surface area contributed by atoms with Crippen molar-refractivity contribution in [1.29, 1.82) is 0 Å². The van der Waals surface area contributed by atoms with E-state index in [0.29, 0.717) is 26.4 Å². The summed E-state index contributed by atoms with van der Waals surface area (Å²) in [5, 5.41) is 0. The first kappa shape index (κ1) is 11.2. The normalized spacial score (nSPS) is 10.4. The Labute approximate surface area is 73.7 Å². The summed E-state index contributed by atoms with van der Waals surface area (Å²) in [6.45, 7) is 3.28. The van der Waals surface area contributed by atoms with Crippen LogP contribution >= 0.6 is 12.6 Å². The summed E-state index contributed by atoms with van der Waals surface area (Å²) in [5.41, 5.74) is 5.22. The molecule has 0 fully saturated rings. The first-order valence-corrected chi connectivity index (χ1v) is 4.51. The minimum Gasteiger partial charge on any atom is -0.379 e. The van der Waals surface area contributed by atoms with E-state index in [1.807, 2.05) is 0 Å². The van der Waals surface area contributed by atoms with Crippen LogP contribution in [0.15, 0.2) is 0 Å². The van der Waals surface area contributed by atoms with Crippen molar-refractivity contribution in [3.8, 4) is 0 Å². The van der Waals surface area contributed by atoms with E-state index in [-0.39, 0.29) is 0 Å². The lowest BCUT2D eigenvalue weighted by Gasteiger charge is -2.03. The molecule has 2 N–H and O–H groups in total. The number of hydrogen-bond donors (Lipinski definition) is 2. The smallest absolute Gasteiger partial charge is 0.0701 e. The van der Waals surface area contributed by atoms with Gasteiger partial charge in [-0.3, -0.25) is 0 Å². The molecule has 0 aliphatic rings. The highest BCUT2D eigenvalue weighted by Gasteiger charge is 1.87. The lowest BCUT2D eigenvalue weighted by atomic mass is 10.5. The Bertz CT molecular complexity index is 65.5. The molecule has 0 aromatic rings. The third-order valence-corrected chi connectivity index (χ3v) is 1.40. The highest BCUT2D eigenvalue weighted by atomic mass is 32.1. The van der Waals surface area contributed by atoms with Gasteiger partial charge in [-0.25, -0.2) is 0 Å². The summed E-state index contributed by atoms with van der Waals surface area (Å²) < 4.78 is 10.3. The summed E-state index contributed by atoms with van der Waals surface area (Å²) in [6, 6.07) is 0. The Hall–Kier alpha value is 0.230. The first-order valence-electron chi connectivity index (χ1n) is 3.88. The Balaban J connectivity index is 2.69. The van der Waals surface area contributed by atoms with E-state index >= 15 is 0 Å². The second-order valence-corrected chi connectivity index (χ2v) is 2.54. The zero-order chi connectivity index (χ0) is 8.36. The molecule has 0 radical (unpaired) electrons. The Morgan fingerprint density at radius 1 is 1.00 bits per heavy atom. The number of rotatable bonds is 8. The second-order valence-electron chi connectivity index (χ2n) is 2.09. The molecule has 11 heavy (non-hydrogen) atoms. The predicted octanol–water partition coefficient (Wildman–Crippen LogP) is 0.298. The molecule has 0 spiro atoms. The summed E-state index contributed by atoms with van der Waals surface area (Å²) in [4.78, 5) is 0. The molecule has 0 aliphatic carbocycles. The number of hydrogen-bond acceptors (Lipinski definition) is 4. The molecular formula is C7H17NO2S. The van der Waals surface area contributed by atoms with Gasteiger partial charge >= 0.3 is 0 Å². The standard InChI is InChI=1S/C7H17NO2S/c8-2-4-10-6-5-9-3-1-7-11/h11H,1-8H2. The molecule has 68 valence electrons. The molecule has 0 unspecified atom stereocenters. The van der Waals surface area contributed by atoms with Crippen LogP contribution < -0.4 is 5.73 Å². The molecule has 0 atom stereocenters. The van der Waals surface area contributed by atoms with Gasteiger partial charge in [0.25, 0.3) is 0 Å². The summed E-state index contributed by atoms with van der Waals surface area (Å²) in [7, 11) is 0. The van der Waals surface area contributed by atoms with E-state index < -0.39 is 0 Å². The van der Waals surface area contributed by atoms with E-state index in [9.17, 15) is 0 Å². The topological polar surface area (TPSA) is 44.5 Å². The van der Waals surface area contributed by atoms with Crippen LogP contribution in [0.1, 0.15) is 6.42 Å². The van der Waals surface area contributed by atoms with E-state index in [2.05, 4.69) is 12.6 Å². The van der Waals surface area contributed by atoms with Crippen molar-refractivity contribution in [1.82, 2.24) is 0 Å². The van der Waals surface area contributed by atoms with Crippen LogP contribution in [0, 0.1) is 0 Å². The molecule has 4 heteroatoms. The molecule has 0 bridgehead atoms. The fraction of sp³-hybridized carbons (Fsp3) is 1.00. The van der Waals surface area contributed by atoms with Crippen molar-refractivity contribution >= 4 is 12.6 Å². The van der Waals surface area contributed by atoms with Crippen molar-refractivity contribution in [3.63, 3.8) is 0 Å². The largest absolute Gasteiger partial charge is 0.379 e. The van der Waals surface area contributed by atoms with Crippen molar-refractivity contribution in [3.05, 3.63) is 0 Å². The van der Waals surface area contributed by atoms with Crippen molar-refractivity contribution in [2.45, 2.75) is 6.42 Å². The molecule has 0 aromatic carbocycles. The van der Waals surface area contributed by atoms with Gasteiger partial charge in [-0.1, -0.05) is 0 Å². The average molecular weight is 179 g/mol. The predicted molar refractivity (Wildman–Crippen MR) is 49.2 cm³/mol. The Morgan fingerprint density at radius 2 is 1.64 bits per heavy atom. The second kappa shape index (κ2) is 10.2. The van der Waals surface area contributed by atoms with Crippen LogP contribution in [0.4, 0.5) is 0 Å². The fourth-order valence-electron chi connectivity index (χ4n) is 0.572. The SMILES string of the molecule is NCCOCCOCCCS. The molecule has 0 heterocycles. The maximum Gasteiger partial charge on any atom is 0.0701 e. The van der Waals surface area contributed by atoms with Gasteiger partial charge in [-0.05, 0) is 12.2 Å². The van der Waals surface area contributed by atoms with Gasteiger partial charge in [0.05, 0.1) is 19.8 Å². The van der Waals surface area contributed by atoms with Crippen LogP contribution in [-0.2, 0) is 9.47 Å². The maximum atomic E-state index is 5.22. The Kier molecular flexibility index (Phi) is 10.4. The van der Waals surface area contributed by atoms with E-state index in [0.717, 1.165) is 18.8 Å². The molecular weight excluding hydrogens is 162 g/mol. The van der Waals surface area contributed by atoms with E-state index in [4.69, 9.17) is 15.2 Å². The van der Waals surface area contributed by atoms with E-state index in [1.165, 1.54) is 0 Å². The van der Waals surface area contributed by atoms with Gasteiger partial charge in [0.1, 0.15) is 0 Å². The third-order valence-electron chi connectivity index (χ3n) is 1.08. The van der Waals surface area contributed by atoms with Crippen LogP contribution in [0.5, 0.6) is 0 Å². The molecule has 0 saturated carbocycles. The summed E-state index contributed by atoms with van der Waals surface area (Å²) in [5.74, 6) is 0.879. The van der Waals surface area contributed by atoms with Gasteiger partial charge in [0, 0.05) is 13.2 Å². The summed E-state index contributed by atoms with van der Waals surface area (Å²) in [6.07, 6.45) is 1.00. The number of ether oxygens (including phenoxy) is 2. The molecule has 0 aromatic heterocycles. The highest BCUT2D eigenvalue weighted by molar-refractivity contribution is 7.80. The highest BCUT2D eigenvalue weighted by Crippen LogP contribution is 1.85. The monoisotopic (exact) mass is 179 g/mol. The van der Waals surface area contributed by atoms with Gasteiger partial charge < -0.3 is 15.2 Å². The van der Waals surface area contributed by atoms with Crippen LogP contribution in [0.3, 0.4) is 0 Å². The number of nitrogens with two attached hydrogens (primary N) is 1. The maximum absolute atomic E-state index is 5.22. The van der Waals surface area contributed by atoms with Gasteiger partial charge in [-0.15, -0.1) is 0 Å². The zero-order valence-corrected chi connectivity index (χ0v) is 7.69. The molecule has 0 saturated heterocycles. The lowest BCUT2D eigenvalue weighted by molar-refractivity contribution is 0.0513. The first-order chi connectivity index (χ1) is 5.41. The number of thiol groups is 1. The van der Waals surface area contributed by atoms with Crippen molar-refractivity contribution in [2.24, 2.45) is 5.73 Å². The van der Waals surface area contributed by atoms with Gasteiger partial charge in [-0.2, -0.15) is 12.6 Å². The molecule has 0 amide bonds. The molecule has 3 nitrogen and oxygen atoms in total. The lowest BCUT2D eigenvalue weighted by Crippen LogP contribution is -2.12. The molecule has 0 aliphatic heterocycles. The van der Waals surface area contributed by atoms with Crippen LogP contribution in [0.2, 0.25) is 0 Å². The van der Waals surface area contributed by atoms with Crippen LogP contribution in [-0.4, -0.2) is 38.7 Å². The third kappa shape index (κ3) is 10.2. The van der Waals surface area contributed by atoms with Crippen molar-refractivity contribution in [2.75, 3.05) is 38.7 Å². The zero-order valence-electron chi connectivity index (χ0n) is 6.79. The quantitative estimate of drug-likeness (QED) is 0.416. The average Bonchev–Trinajstić information content (AvgIpc) is 2.03. The minimum absolute atomic E-state index is 0.580. The minimum atomic E-state index is 0.580. The Morgan fingerprint density at radius 3 is 2.18 bits per heavy atom. The van der Waals surface area contributed by atoms with Crippen molar-refractivity contribution < 1.29 is 9.47 Å². The molecule has 0 rings (SSSR count). The fourth-order valence-corrected chi connectivity index (χ4v) is 0.701. The van der Waals surface area contributed by atoms with Gasteiger partial charge in [0.15, 0.2) is 0 Å². The summed E-state index contributed by atoms with van der Waals surface area (Å²) >= 11 is 4.05. The van der Waals surface area contributed by atoms with E-state index in [1.54, 1.807) is 0 Å². The van der Waals surface area contributed by atoms with Crippen LogP contribution in [0.25, 0.3) is 0 Å². The van der Waals surface area contributed by atoms with Gasteiger partial charge in [0.2, 0.25) is 0 Å².